The first kappa shape index (κ1) is 25.5. The number of nitrogens with zero attached hydrogens (tertiary/aromatic N) is 2. The van der Waals surface area contributed by atoms with Crippen molar-refractivity contribution in [3.05, 3.63) is 98.4 Å². The van der Waals surface area contributed by atoms with Crippen molar-refractivity contribution < 1.29 is 13.2 Å². The first-order chi connectivity index (χ1) is 17.2. The van der Waals surface area contributed by atoms with Gasteiger partial charge in [0.25, 0.3) is 15.6 Å². The van der Waals surface area contributed by atoms with Gasteiger partial charge < -0.3 is 4.74 Å². The first-order valence-electron chi connectivity index (χ1n) is 11.2. The summed E-state index contributed by atoms with van der Waals surface area (Å²) < 4.78 is 35.8. The van der Waals surface area contributed by atoms with E-state index in [1.54, 1.807) is 43.3 Å². The van der Waals surface area contributed by atoms with Crippen molar-refractivity contribution in [3.63, 3.8) is 0 Å². The van der Waals surface area contributed by atoms with Crippen LogP contribution in [0.15, 0.2) is 85.9 Å². The van der Waals surface area contributed by atoms with Gasteiger partial charge in [-0.05, 0) is 93.1 Å². The largest absolute Gasteiger partial charge is 0.494 e. The number of nitrogens with one attached hydrogen (secondary N) is 2. The molecule has 0 aliphatic carbocycles. The molecule has 0 amide bonds. The normalized spacial score (nSPS) is 11.7. The van der Waals surface area contributed by atoms with Crippen LogP contribution in [0.2, 0.25) is 0 Å². The first-order valence-corrected chi connectivity index (χ1v) is 13.4. The Balaban J connectivity index is 1.51. The predicted octanol–water partition coefficient (Wildman–Crippen LogP) is 5.50. The Morgan fingerprint density at radius 1 is 1.06 bits per heavy atom. The fourth-order valence-electron chi connectivity index (χ4n) is 3.51. The molecule has 0 fully saturated rings. The number of ether oxygens (including phenoxy) is 1. The van der Waals surface area contributed by atoms with Gasteiger partial charge in [0.1, 0.15) is 5.75 Å². The number of rotatable bonds is 8. The highest BCUT2D eigenvalue weighted by molar-refractivity contribution is 9.10. The van der Waals surface area contributed by atoms with Gasteiger partial charge in [-0.15, -0.1) is 0 Å². The molecule has 4 aromatic rings. The number of benzene rings is 3. The lowest BCUT2D eigenvalue weighted by Gasteiger charge is -2.09. The van der Waals surface area contributed by atoms with Crippen LogP contribution in [-0.4, -0.2) is 31.0 Å². The van der Waals surface area contributed by atoms with Gasteiger partial charge in [0.05, 0.1) is 28.4 Å². The van der Waals surface area contributed by atoms with E-state index in [0.717, 1.165) is 15.7 Å². The van der Waals surface area contributed by atoms with Crippen LogP contribution in [0.5, 0.6) is 5.75 Å². The zero-order chi connectivity index (χ0) is 25.9. The SMILES string of the molecule is CCOc1ccc(NS(=O)(=O)c2ccc(N=Cc3c(C)[nH]n(-c4ccc(Br)c(C)c4)c3=O)cc2)cc1. The molecule has 4 rings (SSSR count). The number of hydrogen-bond donors (Lipinski definition) is 2. The molecule has 0 saturated heterocycles. The highest BCUT2D eigenvalue weighted by atomic mass is 79.9. The molecule has 1 heterocycles. The summed E-state index contributed by atoms with van der Waals surface area (Å²) in [5, 5.41) is 3.08. The fraction of sp³-hybridized carbons (Fsp3) is 0.154. The molecule has 0 spiro atoms. The lowest BCUT2D eigenvalue weighted by molar-refractivity contribution is 0.340. The molecule has 0 aliphatic heterocycles. The number of hydrogen-bond acceptors (Lipinski definition) is 5. The lowest BCUT2D eigenvalue weighted by Crippen LogP contribution is -2.17. The van der Waals surface area contributed by atoms with Crippen molar-refractivity contribution in [2.75, 3.05) is 11.3 Å². The lowest BCUT2D eigenvalue weighted by atomic mass is 10.2. The van der Waals surface area contributed by atoms with Gasteiger partial charge in [-0.3, -0.25) is 19.6 Å². The summed E-state index contributed by atoms with van der Waals surface area (Å²) in [6.45, 7) is 6.16. The van der Waals surface area contributed by atoms with Gasteiger partial charge in [0.2, 0.25) is 0 Å². The van der Waals surface area contributed by atoms with Crippen LogP contribution in [0, 0.1) is 13.8 Å². The topological polar surface area (TPSA) is 106 Å². The Kier molecular flexibility index (Phi) is 7.46. The molecule has 2 N–H and O–H groups in total. The molecule has 0 saturated carbocycles. The van der Waals surface area contributed by atoms with Crippen LogP contribution in [-0.2, 0) is 10.0 Å². The Labute approximate surface area is 217 Å². The van der Waals surface area contributed by atoms with Crippen LogP contribution in [0.4, 0.5) is 11.4 Å². The minimum atomic E-state index is -3.77. The predicted molar refractivity (Wildman–Crippen MR) is 146 cm³/mol. The second-order valence-corrected chi connectivity index (χ2v) is 10.6. The number of anilines is 1. The summed E-state index contributed by atoms with van der Waals surface area (Å²) in [6, 6.07) is 18.4. The number of halogens is 1. The Morgan fingerprint density at radius 2 is 1.75 bits per heavy atom. The molecule has 36 heavy (non-hydrogen) atoms. The Morgan fingerprint density at radius 3 is 2.39 bits per heavy atom. The van der Waals surface area contributed by atoms with E-state index in [-0.39, 0.29) is 10.5 Å². The third kappa shape index (κ3) is 5.60. The molecule has 186 valence electrons. The van der Waals surface area contributed by atoms with Gasteiger partial charge in [-0.1, -0.05) is 15.9 Å². The molecule has 10 heteroatoms. The molecule has 8 nitrogen and oxygen atoms in total. The van der Waals surface area contributed by atoms with Crippen LogP contribution >= 0.6 is 15.9 Å². The van der Waals surface area contributed by atoms with E-state index >= 15 is 0 Å². The monoisotopic (exact) mass is 568 g/mol. The van der Waals surface area contributed by atoms with E-state index in [9.17, 15) is 13.2 Å². The maximum absolute atomic E-state index is 13.0. The molecular weight excluding hydrogens is 544 g/mol. The van der Waals surface area contributed by atoms with Crippen molar-refractivity contribution in [2.24, 2.45) is 4.99 Å². The maximum atomic E-state index is 13.0. The van der Waals surface area contributed by atoms with E-state index in [1.165, 1.54) is 23.0 Å². The number of aromatic nitrogens is 2. The Bertz CT molecular complexity index is 1570. The van der Waals surface area contributed by atoms with Gasteiger partial charge in [-0.2, -0.15) is 0 Å². The number of aromatic amines is 1. The van der Waals surface area contributed by atoms with Crippen molar-refractivity contribution in [2.45, 2.75) is 25.7 Å². The van der Waals surface area contributed by atoms with E-state index in [0.29, 0.717) is 35.0 Å². The highest BCUT2D eigenvalue weighted by Gasteiger charge is 2.15. The molecule has 0 unspecified atom stereocenters. The summed E-state index contributed by atoms with van der Waals surface area (Å²) in [5.41, 5.74) is 3.54. The van der Waals surface area contributed by atoms with Crippen molar-refractivity contribution in [1.29, 1.82) is 0 Å². The molecular formula is C26H25BrN4O4S. The average molecular weight is 569 g/mol. The van der Waals surface area contributed by atoms with Crippen LogP contribution in [0.3, 0.4) is 0 Å². The number of aryl methyl sites for hydroxylation is 2. The number of aliphatic imine (C=N–C) groups is 1. The third-order valence-electron chi connectivity index (χ3n) is 5.42. The molecule has 0 bridgehead atoms. The fourth-order valence-corrected chi connectivity index (χ4v) is 4.82. The van der Waals surface area contributed by atoms with Crippen molar-refractivity contribution in [1.82, 2.24) is 9.78 Å². The number of sulfonamides is 1. The van der Waals surface area contributed by atoms with Gasteiger partial charge in [0.15, 0.2) is 0 Å². The third-order valence-corrected chi connectivity index (χ3v) is 7.71. The summed E-state index contributed by atoms with van der Waals surface area (Å²) in [4.78, 5) is 17.4. The van der Waals surface area contributed by atoms with Gasteiger partial charge in [-0.25, -0.2) is 13.1 Å². The van der Waals surface area contributed by atoms with Crippen molar-refractivity contribution >= 4 is 43.5 Å². The highest BCUT2D eigenvalue weighted by Crippen LogP contribution is 2.22. The summed E-state index contributed by atoms with van der Waals surface area (Å²) in [5.74, 6) is 0.666. The molecule has 0 atom stereocenters. The van der Waals surface area contributed by atoms with E-state index in [2.05, 4.69) is 30.7 Å². The summed E-state index contributed by atoms with van der Waals surface area (Å²) in [7, 11) is -3.77. The molecule has 1 aromatic heterocycles. The smallest absolute Gasteiger partial charge is 0.280 e. The molecule has 0 aliphatic rings. The van der Waals surface area contributed by atoms with Crippen LogP contribution in [0.1, 0.15) is 23.7 Å². The van der Waals surface area contributed by atoms with Gasteiger partial charge >= 0.3 is 0 Å². The Hall–Kier alpha value is -3.63. The van der Waals surface area contributed by atoms with Crippen LogP contribution in [0.25, 0.3) is 5.69 Å². The standard InChI is InChI=1S/C26H25BrN4O4S/c1-4-35-22-10-5-20(6-11-22)30-36(33,34)23-12-7-19(8-13-23)28-16-24-18(3)29-31(26(24)32)21-9-14-25(27)17(2)15-21/h5-16,29-30H,4H2,1-3H3. The number of H-pyrrole nitrogens is 1. The second kappa shape index (κ2) is 10.5. The van der Waals surface area contributed by atoms with Crippen molar-refractivity contribution in [3.8, 4) is 11.4 Å². The molecule has 0 radical (unpaired) electrons. The van der Waals surface area contributed by atoms with E-state index < -0.39 is 10.0 Å². The van der Waals surface area contributed by atoms with E-state index in [1.807, 2.05) is 32.0 Å². The summed E-state index contributed by atoms with van der Waals surface area (Å²) >= 11 is 3.47. The van der Waals surface area contributed by atoms with E-state index in [4.69, 9.17) is 4.74 Å². The van der Waals surface area contributed by atoms with Crippen LogP contribution < -0.4 is 15.0 Å². The zero-order valence-electron chi connectivity index (χ0n) is 19.9. The summed E-state index contributed by atoms with van der Waals surface area (Å²) in [6.07, 6.45) is 1.48. The van der Waals surface area contributed by atoms with Gasteiger partial charge in [0, 0.05) is 22.1 Å². The average Bonchev–Trinajstić information content (AvgIpc) is 3.14. The maximum Gasteiger partial charge on any atom is 0.280 e. The zero-order valence-corrected chi connectivity index (χ0v) is 22.4. The molecule has 3 aromatic carbocycles. The minimum absolute atomic E-state index is 0.0983. The second-order valence-electron chi connectivity index (χ2n) is 8.04. The minimum Gasteiger partial charge on any atom is -0.494 e. The quantitative estimate of drug-likeness (QED) is 0.274.